The molecule has 1 unspecified atom stereocenters. The minimum atomic E-state index is -0.391. The van der Waals surface area contributed by atoms with Crippen molar-refractivity contribution in [2.24, 2.45) is 5.92 Å². The van der Waals surface area contributed by atoms with Gasteiger partial charge in [0.2, 0.25) is 0 Å². The molecule has 0 saturated heterocycles. The molecule has 0 spiro atoms. The lowest BCUT2D eigenvalue weighted by Crippen LogP contribution is -2.29. The molecule has 0 saturated carbocycles. The summed E-state index contributed by atoms with van der Waals surface area (Å²) in [6.45, 7) is 6.29. The van der Waals surface area contributed by atoms with Crippen LogP contribution in [0.4, 0.5) is 0 Å². The van der Waals surface area contributed by atoms with Crippen LogP contribution in [0.15, 0.2) is 30.3 Å². The zero-order valence-corrected chi connectivity index (χ0v) is 12.8. The van der Waals surface area contributed by atoms with E-state index in [2.05, 4.69) is 10.3 Å². The summed E-state index contributed by atoms with van der Waals surface area (Å²) in [4.78, 5) is 16.7. The van der Waals surface area contributed by atoms with E-state index in [1.54, 1.807) is 6.07 Å². The summed E-state index contributed by atoms with van der Waals surface area (Å²) in [6, 6.07) is 9.49. The Hall–Kier alpha value is -1.94. The molecule has 1 aromatic carbocycles. The van der Waals surface area contributed by atoms with Crippen molar-refractivity contribution in [1.29, 1.82) is 0 Å². The van der Waals surface area contributed by atoms with Crippen LogP contribution in [-0.2, 0) is 0 Å². The second-order valence-electron chi connectivity index (χ2n) is 5.69. The van der Waals surface area contributed by atoms with Crippen LogP contribution < -0.4 is 5.32 Å². The number of nitrogens with one attached hydrogen (secondary N) is 1. The Morgan fingerprint density at radius 2 is 2.05 bits per heavy atom. The topological polar surface area (TPSA) is 62.2 Å². The number of amides is 1. The van der Waals surface area contributed by atoms with E-state index in [-0.39, 0.29) is 11.8 Å². The molecule has 1 amide bonds. The number of benzene rings is 1. The first kappa shape index (κ1) is 15.4. The molecular formula is C17H22N2O2. The molecule has 4 heteroatoms. The first-order valence-corrected chi connectivity index (χ1v) is 7.31. The summed E-state index contributed by atoms with van der Waals surface area (Å²) in [5.74, 6) is 0.0541. The van der Waals surface area contributed by atoms with Crippen molar-refractivity contribution >= 4 is 16.8 Å². The van der Waals surface area contributed by atoms with Gasteiger partial charge in [0.15, 0.2) is 0 Å². The van der Waals surface area contributed by atoms with Gasteiger partial charge in [-0.05, 0) is 31.4 Å². The summed E-state index contributed by atoms with van der Waals surface area (Å²) < 4.78 is 0. The Balaban J connectivity index is 2.11. The molecule has 1 atom stereocenters. The smallest absolute Gasteiger partial charge is 0.253 e. The molecule has 21 heavy (non-hydrogen) atoms. The van der Waals surface area contributed by atoms with Crippen molar-refractivity contribution in [3.63, 3.8) is 0 Å². The summed E-state index contributed by atoms with van der Waals surface area (Å²) in [6.07, 6.45) is 0.166. The number of fused-ring (bicyclic) bond motifs is 1. The van der Waals surface area contributed by atoms with E-state index in [0.717, 1.165) is 16.6 Å². The summed E-state index contributed by atoms with van der Waals surface area (Å²) in [5.41, 5.74) is 2.19. The maximum Gasteiger partial charge on any atom is 0.253 e. The van der Waals surface area contributed by atoms with E-state index in [1.807, 2.05) is 45.0 Å². The fourth-order valence-electron chi connectivity index (χ4n) is 2.19. The van der Waals surface area contributed by atoms with Gasteiger partial charge in [-0.2, -0.15) is 0 Å². The number of aromatic nitrogens is 1. The largest absolute Gasteiger partial charge is 0.393 e. The van der Waals surface area contributed by atoms with Crippen LogP contribution in [0.5, 0.6) is 0 Å². The minimum absolute atomic E-state index is 0.144. The van der Waals surface area contributed by atoms with Gasteiger partial charge >= 0.3 is 0 Å². The average molecular weight is 286 g/mol. The van der Waals surface area contributed by atoms with Crippen molar-refractivity contribution < 1.29 is 9.90 Å². The van der Waals surface area contributed by atoms with E-state index < -0.39 is 6.10 Å². The second kappa shape index (κ2) is 6.68. The molecule has 112 valence electrons. The maximum absolute atomic E-state index is 12.3. The fraction of sp³-hybridized carbons (Fsp3) is 0.412. The third kappa shape index (κ3) is 3.79. The first-order valence-electron chi connectivity index (χ1n) is 7.31. The molecule has 0 radical (unpaired) electrons. The van der Waals surface area contributed by atoms with Crippen molar-refractivity contribution in [2.75, 3.05) is 6.54 Å². The number of aliphatic hydroxyl groups is 1. The van der Waals surface area contributed by atoms with Gasteiger partial charge in [0.05, 0.1) is 17.2 Å². The van der Waals surface area contributed by atoms with Crippen molar-refractivity contribution in [3.8, 4) is 0 Å². The molecular weight excluding hydrogens is 264 g/mol. The Labute approximate surface area is 125 Å². The number of rotatable bonds is 5. The van der Waals surface area contributed by atoms with E-state index in [4.69, 9.17) is 0 Å². The molecule has 2 aromatic rings. The fourth-order valence-corrected chi connectivity index (χ4v) is 2.19. The lowest BCUT2D eigenvalue weighted by atomic mass is 10.0. The highest BCUT2D eigenvalue weighted by Gasteiger charge is 2.13. The summed E-state index contributed by atoms with van der Waals surface area (Å²) in [5, 5.41) is 13.6. The molecule has 0 aliphatic heterocycles. The molecule has 0 bridgehead atoms. The Morgan fingerprint density at radius 1 is 1.29 bits per heavy atom. The standard InChI is InChI=1S/C17H22N2O2/c1-11(2)15(20)9-10-18-17(21)14-6-4-5-13-8-7-12(3)19-16(13)14/h4-8,11,15,20H,9-10H2,1-3H3,(H,18,21). The van der Waals surface area contributed by atoms with Crippen LogP contribution in [0.3, 0.4) is 0 Å². The van der Waals surface area contributed by atoms with Gasteiger partial charge in [-0.15, -0.1) is 0 Å². The third-order valence-electron chi connectivity index (χ3n) is 3.60. The predicted molar refractivity (Wildman–Crippen MR) is 84.3 cm³/mol. The van der Waals surface area contributed by atoms with Gasteiger partial charge in [0.25, 0.3) is 5.91 Å². The van der Waals surface area contributed by atoms with Crippen molar-refractivity contribution in [3.05, 3.63) is 41.6 Å². The molecule has 2 N–H and O–H groups in total. The number of para-hydroxylation sites is 1. The second-order valence-corrected chi connectivity index (χ2v) is 5.69. The highest BCUT2D eigenvalue weighted by Crippen LogP contribution is 2.17. The molecule has 2 rings (SSSR count). The summed E-state index contributed by atoms with van der Waals surface area (Å²) in [7, 11) is 0. The lowest BCUT2D eigenvalue weighted by molar-refractivity contribution is 0.0921. The van der Waals surface area contributed by atoms with Gasteiger partial charge < -0.3 is 10.4 Å². The number of hydrogen-bond acceptors (Lipinski definition) is 3. The number of aliphatic hydroxyl groups excluding tert-OH is 1. The number of pyridine rings is 1. The van der Waals surface area contributed by atoms with Crippen molar-refractivity contribution in [1.82, 2.24) is 10.3 Å². The SMILES string of the molecule is Cc1ccc2cccc(C(=O)NCCC(O)C(C)C)c2n1. The number of nitrogens with zero attached hydrogens (tertiary/aromatic N) is 1. The van der Waals surface area contributed by atoms with Crippen molar-refractivity contribution in [2.45, 2.75) is 33.3 Å². The normalized spacial score (nSPS) is 12.6. The van der Waals surface area contributed by atoms with E-state index in [9.17, 15) is 9.90 Å². The van der Waals surface area contributed by atoms with Gasteiger partial charge in [0, 0.05) is 17.6 Å². The molecule has 0 aliphatic carbocycles. The van der Waals surface area contributed by atoms with E-state index in [0.29, 0.717) is 18.5 Å². The van der Waals surface area contributed by atoms with Crippen LogP contribution in [0, 0.1) is 12.8 Å². The summed E-state index contributed by atoms with van der Waals surface area (Å²) >= 11 is 0. The zero-order valence-electron chi connectivity index (χ0n) is 12.8. The maximum atomic E-state index is 12.3. The minimum Gasteiger partial charge on any atom is -0.393 e. The molecule has 1 heterocycles. The van der Waals surface area contributed by atoms with Gasteiger partial charge in [0.1, 0.15) is 0 Å². The van der Waals surface area contributed by atoms with Gasteiger partial charge in [-0.25, -0.2) is 0 Å². The molecule has 0 fully saturated rings. The highest BCUT2D eigenvalue weighted by atomic mass is 16.3. The molecule has 4 nitrogen and oxygen atoms in total. The van der Waals surface area contributed by atoms with Gasteiger partial charge in [-0.1, -0.05) is 32.0 Å². The monoisotopic (exact) mass is 286 g/mol. The number of carbonyl (C=O) groups is 1. The number of aryl methyl sites for hydroxylation is 1. The lowest BCUT2D eigenvalue weighted by Gasteiger charge is -2.14. The zero-order chi connectivity index (χ0) is 15.4. The first-order chi connectivity index (χ1) is 9.99. The number of hydrogen-bond donors (Lipinski definition) is 2. The Kier molecular flexibility index (Phi) is 4.91. The average Bonchev–Trinajstić information content (AvgIpc) is 2.46. The Morgan fingerprint density at radius 3 is 2.76 bits per heavy atom. The number of carbonyl (C=O) groups excluding carboxylic acids is 1. The van der Waals surface area contributed by atoms with Gasteiger partial charge in [-0.3, -0.25) is 9.78 Å². The van der Waals surface area contributed by atoms with Crippen LogP contribution in [0.1, 0.15) is 36.3 Å². The molecule has 1 aromatic heterocycles. The van der Waals surface area contributed by atoms with Crippen LogP contribution >= 0.6 is 0 Å². The van der Waals surface area contributed by atoms with E-state index >= 15 is 0 Å². The highest BCUT2D eigenvalue weighted by molar-refractivity contribution is 6.05. The predicted octanol–water partition coefficient (Wildman–Crippen LogP) is 2.68. The van der Waals surface area contributed by atoms with Crippen LogP contribution in [-0.4, -0.2) is 28.6 Å². The quantitative estimate of drug-likeness (QED) is 0.888. The van der Waals surface area contributed by atoms with Crippen LogP contribution in [0.2, 0.25) is 0 Å². The third-order valence-corrected chi connectivity index (χ3v) is 3.60. The van der Waals surface area contributed by atoms with Crippen LogP contribution in [0.25, 0.3) is 10.9 Å². The Bertz CT molecular complexity index is 638. The molecule has 0 aliphatic rings. The van der Waals surface area contributed by atoms with E-state index in [1.165, 1.54) is 0 Å².